The molecular formula is C16H17NO2. The molecule has 2 rings (SSSR count). The van der Waals surface area contributed by atoms with Crippen LogP contribution in [0.5, 0.6) is 0 Å². The molecule has 98 valence electrons. The highest BCUT2D eigenvalue weighted by molar-refractivity contribution is 5.65. The smallest absolute Gasteiger partial charge is 0.416 e. The van der Waals surface area contributed by atoms with Gasteiger partial charge in [0.2, 0.25) is 0 Å². The number of oxazole rings is 1. The van der Waals surface area contributed by atoms with Gasteiger partial charge in [0.1, 0.15) is 6.26 Å². The summed E-state index contributed by atoms with van der Waals surface area (Å²) in [6, 6.07) is 9.98. The van der Waals surface area contributed by atoms with Gasteiger partial charge in [0.05, 0.1) is 0 Å². The number of rotatable bonds is 6. The molecule has 0 N–H and O–H groups in total. The molecular weight excluding hydrogens is 238 g/mol. The second-order valence-corrected chi connectivity index (χ2v) is 4.43. The molecule has 0 aliphatic heterocycles. The van der Waals surface area contributed by atoms with Crippen LogP contribution in [0.4, 0.5) is 0 Å². The van der Waals surface area contributed by atoms with Gasteiger partial charge in [-0.3, -0.25) is 4.57 Å². The molecule has 0 spiro atoms. The minimum Gasteiger partial charge on any atom is -0.416 e. The maximum atomic E-state index is 11.5. The Hall–Kier alpha value is -2.29. The Balaban J connectivity index is 2.21. The van der Waals surface area contributed by atoms with Crippen molar-refractivity contribution in [2.24, 2.45) is 5.92 Å². The van der Waals surface area contributed by atoms with E-state index in [0.717, 1.165) is 17.6 Å². The topological polar surface area (TPSA) is 35.1 Å². The van der Waals surface area contributed by atoms with Gasteiger partial charge in [0, 0.05) is 18.7 Å². The van der Waals surface area contributed by atoms with E-state index in [9.17, 15) is 4.79 Å². The Morgan fingerprint density at radius 2 is 2.11 bits per heavy atom. The van der Waals surface area contributed by atoms with Crippen LogP contribution in [-0.4, -0.2) is 4.57 Å². The van der Waals surface area contributed by atoms with Gasteiger partial charge in [-0.25, -0.2) is 4.79 Å². The Morgan fingerprint density at radius 1 is 1.37 bits per heavy atom. The molecule has 1 aromatic heterocycles. The van der Waals surface area contributed by atoms with Gasteiger partial charge in [-0.15, -0.1) is 6.58 Å². The number of hydrogen-bond donors (Lipinski definition) is 0. The number of aromatic nitrogens is 1. The van der Waals surface area contributed by atoms with Crippen LogP contribution >= 0.6 is 0 Å². The number of allylic oxidation sites excluding steroid dienone is 2. The molecule has 0 amide bonds. The first-order valence-electron chi connectivity index (χ1n) is 6.21. The molecule has 2 aromatic rings. The minimum absolute atomic E-state index is 0.134. The third-order valence-electron chi connectivity index (χ3n) is 3.15. The average molecular weight is 255 g/mol. The Kier molecular flexibility index (Phi) is 4.18. The van der Waals surface area contributed by atoms with E-state index in [4.69, 9.17) is 4.42 Å². The van der Waals surface area contributed by atoms with Crippen LogP contribution in [0.2, 0.25) is 0 Å². The molecule has 1 heterocycles. The molecule has 3 heteroatoms. The molecule has 0 fully saturated rings. The molecule has 3 nitrogen and oxygen atoms in total. The van der Waals surface area contributed by atoms with Gasteiger partial charge in [0.25, 0.3) is 0 Å². The summed E-state index contributed by atoms with van der Waals surface area (Å²) in [4.78, 5) is 11.5. The van der Waals surface area contributed by atoms with Gasteiger partial charge >= 0.3 is 5.76 Å². The lowest BCUT2D eigenvalue weighted by atomic mass is 9.91. The molecule has 0 radical (unpaired) electrons. The van der Waals surface area contributed by atoms with Crippen molar-refractivity contribution in [1.82, 2.24) is 4.57 Å². The average Bonchev–Trinajstić information content (AvgIpc) is 2.84. The third-order valence-corrected chi connectivity index (χ3v) is 3.15. The highest BCUT2D eigenvalue weighted by atomic mass is 16.4. The number of nitrogens with zero attached hydrogens (tertiary/aromatic N) is 1. The minimum atomic E-state index is -0.338. The van der Waals surface area contributed by atoms with Crippen molar-refractivity contribution in [1.29, 1.82) is 0 Å². The molecule has 19 heavy (non-hydrogen) atoms. The van der Waals surface area contributed by atoms with Crippen LogP contribution in [0, 0.1) is 5.92 Å². The fourth-order valence-electron chi connectivity index (χ4n) is 2.08. The zero-order valence-electron chi connectivity index (χ0n) is 10.8. The van der Waals surface area contributed by atoms with E-state index in [1.54, 1.807) is 10.8 Å². The molecule has 0 bridgehead atoms. The molecule has 0 aliphatic carbocycles. The number of benzene rings is 1. The van der Waals surface area contributed by atoms with Crippen molar-refractivity contribution in [2.45, 2.75) is 13.0 Å². The second-order valence-electron chi connectivity index (χ2n) is 4.43. The van der Waals surface area contributed by atoms with E-state index in [1.807, 2.05) is 36.4 Å². The van der Waals surface area contributed by atoms with Gasteiger partial charge < -0.3 is 4.42 Å². The Labute approximate surface area is 112 Å². The van der Waals surface area contributed by atoms with Crippen molar-refractivity contribution in [3.63, 3.8) is 0 Å². The fraction of sp³-hybridized carbons (Fsp3) is 0.188. The summed E-state index contributed by atoms with van der Waals surface area (Å²) in [7, 11) is 0. The van der Waals surface area contributed by atoms with Gasteiger partial charge in [-0.05, 0) is 17.6 Å². The molecule has 0 aliphatic rings. The number of hydrogen-bond acceptors (Lipinski definition) is 2. The zero-order valence-corrected chi connectivity index (χ0v) is 10.8. The largest absolute Gasteiger partial charge is 0.418 e. The van der Waals surface area contributed by atoms with Crippen LogP contribution < -0.4 is 5.76 Å². The highest BCUT2D eigenvalue weighted by Gasteiger charge is 2.15. The predicted molar refractivity (Wildman–Crippen MR) is 76.7 cm³/mol. The van der Waals surface area contributed by atoms with Crippen molar-refractivity contribution in [2.75, 3.05) is 0 Å². The van der Waals surface area contributed by atoms with Crippen molar-refractivity contribution in [3.8, 4) is 0 Å². The quantitative estimate of drug-likeness (QED) is 0.742. The second kappa shape index (κ2) is 6.05. The van der Waals surface area contributed by atoms with E-state index in [0.29, 0.717) is 6.54 Å². The molecule has 0 saturated carbocycles. The van der Waals surface area contributed by atoms with Gasteiger partial charge in [-0.1, -0.05) is 43.0 Å². The Morgan fingerprint density at radius 3 is 2.68 bits per heavy atom. The fourth-order valence-corrected chi connectivity index (χ4v) is 2.08. The lowest BCUT2D eigenvalue weighted by Gasteiger charge is -2.18. The monoisotopic (exact) mass is 255 g/mol. The van der Waals surface area contributed by atoms with Gasteiger partial charge in [-0.2, -0.15) is 0 Å². The zero-order chi connectivity index (χ0) is 13.7. The predicted octanol–water partition coefficient (Wildman–Crippen LogP) is 3.35. The lowest BCUT2D eigenvalue weighted by molar-refractivity contribution is 0.452. The molecule has 1 aromatic carbocycles. The van der Waals surface area contributed by atoms with Crippen LogP contribution in [0.25, 0.3) is 5.57 Å². The first kappa shape index (κ1) is 13.1. The first-order chi connectivity index (χ1) is 9.22. The van der Waals surface area contributed by atoms with Crippen LogP contribution in [-0.2, 0) is 6.54 Å². The molecule has 0 saturated heterocycles. The summed E-state index contributed by atoms with van der Waals surface area (Å²) >= 11 is 0. The maximum Gasteiger partial charge on any atom is 0.418 e. The van der Waals surface area contributed by atoms with Crippen molar-refractivity contribution in [3.05, 3.63) is 78.1 Å². The van der Waals surface area contributed by atoms with Crippen LogP contribution in [0.15, 0.2) is 71.2 Å². The normalized spacial score (nSPS) is 12.0. The maximum absolute atomic E-state index is 11.5. The summed E-state index contributed by atoms with van der Waals surface area (Å²) in [6.07, 6.45) is 5.67. The summed E-state index contributed by atoms with van der Waals surface area (Å²) in [5.74, 6) is -0.204. The van der Waals surface area contributed by atoms with E-state index in [2.05, 4.69) is 13.2 Å². The standard InChI is InChI=1S/C16H17NO2/c1-3-7-15(12-17-10-11-19-16(17)18)13(2)14-8-5-4-6-9-14/h3-6,8-11,15H,1-2,7,12H2. The van der Waals surface area contributed by atoms with E-state index >= 15 is 0 Å². The summed E-state index contributed by atoms with van der Waals surface area (Å²) < 4.78 is 6.34. The highest BCUT2D eigenvalue weighted by Crippen LogP contribution is 2.25. The van der Waals surface area contributed by atoms with Crippen LogP contribution in [0.3, 0.4) is 0 Å². The SMILES string of the molecule is C=CCC(Cn1ccoc1=O)C(=C)c1ccccc1. The van der Waals surface area contributed by atoms with Crippen LogP contribution in [0.1, 0.15) is 12.0 Å². The summed E-state index contributed by atoms with van der Waals surface area (Å²) in [5, 5.41) is 0. The van der Waals surface area contributed by atoms with E-state index in [-0.39, 0.29) is 11.7 Å². The van der Waals surface area contributed by atoms with Gasteiger partial charge in [0.15, 0.2) is 0 Å². The van der Waals surface area contributed by atoms with E-state index in [1.165, 1.54) is 6.26 Å². The van der Waals surface area contributed by atoms with E-state index < -0.39 is 0 Å². The van der Waals surface area contributed by atoms with Crippen molar-refractivity contribution < 1.29 is 4.42 Å². The molecule has 1 unspecified atom stereocenters. The summed E-state index contributed by atoms with van der Waals surface area (Å²) in [5.41, 5.74) is 2.10. The van der Waals surface area contributed by atoms with Crippen molar-refractivity contribution >= 4 is 5.57 Å². The lowest BCUT2D eigenvalue weighted by Crippen LogP contribution is -2.20. The summed E-state index contributed by atoms with van der Waals surface area (Å²) in [6.45, 7) is 8.49. The first-order valence-corrected chi connectivity index (χ1v) is 6.21. The third kappa shape index (κ3) is 3.13. The molecule has 1 atom stereocenters. The Bertz CT molecular complexity index is 607.